The summed E-state index contributed by atoms with van der Waals surface area (Å²) in [4.78, 5) is 11.1. The van der Waals surface area contributed by atoms with Gasteiger partial charge in [-0.2, -0.15) is 0 Å². The maximum Gasteiger partial charge on any atom is 0.308 e. The maximum absolute atomic E-state index is 11.1. The molecule has 0 N–H and O–H groups in total. The molecular formula is C26H50O12. The molecule has 0 radical (unpaired) electrons. The molecule has 1 fully saturated rings. The van der Waals surface area contributed by atoms with Crippen molar-refractivity contribution in [1.29, 1.82) is 0 Å². The smallest absolute Gasteiger partial charge is 0.308 e. The topological polar surface area (TPSA) is 119 Å². The number of hydrogen-bond donors (Lipinski definition) is 0. The van der Waals surface area contributed by atoms with Crippen molar-refractivity contribution in [2.75, 3.05) is 126 Å². The van der Waals surface area contributed by atoms with Crippen LogP contribution in [0.2, 0.25) is 0 Å². The number of carbonyl (C=O) groups excluding carboxylic acids is 1. The zero-order valence-corrected chi connectivity index (χ0v) is 23.2. The molecule has 1 unspecified atom stereocenters. The van der Waals surface area contributed by atoms with Crippen LogP contribution in [0.5, 0.6) is 0 Å². The van der Waals surface area contributed by atoms with Crippen LogP contribution in [-0.4, -0.2) is 138 Å². The van der Waals surface area contributed by atoms with Crippen molar-refractivity contribution in [2.24, 2.45) is 0 Å². The highest BCUT2D eigenvalue weighted by atomic mass is 16.7. The van der Waals surface area contributed by atoms with Gasteiger partial charge in [0.2, 0.25) is 0 Å². The first-order valence-corrected chi connectivity index (χ1v) is 13.8. The van der Waals surface area contributed by atoms with Gasteiger partial charge in [-0.3, -0.25) is 4.79 Å². The summed E-state index contributed by atoms with van der Waals surface area (Å²) in [6.07, 6.45) is 3.45. The lowest BCUT2D eigenvalue weighted by Crippen LogP contribution is -2.24. The second-order valence-electron chi connectivity index (χ2n) is 8.12. The van der Waals surface area contributed by atoms with E-state index < -0.39 is 0 Å². The zero-order valence-electron chi connectivity index (χ0n) is 23.2. The van der Waals surface area contributed by atoms with Crippen molar-refractivity contribution in [3.8, 4) is 0 Å². The standard InChI is InChI=1S/C26H50O12/c1-2-36-25(27)6-8-28-9-10-29-11-12-30-13-14-31-15-16-32-17-18-33-19-20-34-21-22-35-23-24-38-26-5-3-4-7-37-26/h26H,2-24H2,1H3. The van der Waals surface area contributed by atoms with Gasteiger partial charge in [-0.05, 0) is 26.2 Å². The molecule has 0 aromatic heterocycles. The number of carbonyl (C=O) groups is 1. The highest BCUT2D eigenvalue weighted by Crippen LogP contribution is 2.13. The minimum atomic E-state index is -0.248. The van der Waals surface area contributed by atoms with Gasteiger partial charge in [0.25, 0.3) is 0 Å². The molecule has 1 aliphatic heterocycles. The van der Waals surface area contributed by atoms with Gasteiger partial charge in [0.1, 0.15) is 0 Å². The molecule has 1 atom stereocenters. The number of ether oxygens (including phenoxy) is 11. The first-order chi connectivity index (χ1) is 18.8. The lowest BCUT2D eigenvalue weighted by Gasteiger charge is -2.22. The fourth-order valence-corrected chi connectivity index (χ4v) is 3.11. The molecular weight excluding hydrogens is 504 g/mol. The average molecular weight is 555 g/mol. The summed E-state index contributed by atoms with van der Waals surface area (Å²) in [6, 6.07) is 0. The van der Waals surface area contributed by atoms with Crippen molar-refractivity contribution in [2.45, 2.75) is 38.9 Å². The highest BCUT2D eigenvalue weighted by Gasteiger charge is 2.13. The Morgan fingerprint density at radius 1 is 0.579 bits per heavy atom. The summed E-state index contributed by atoms with van der Waals surface area (Å²) in [7, 11) is 0. The summed E-state index contributed by atoms with van der Waals surface area (Å²) >= 11 is 0. The Hall–Kier alpha value is -0.930. The van der Waals surface area contributed by atoms with Crippen LogP contribution in [0.3, 0.4) is 0 Å². The molecule has 0 aromatic carbocycles. The average Bonchev–Trinajstić information content (AvgIpc) is 2.93. The summed E-state index contributed by atoms with van der Waals surface area (Å²) in [5.74, 6) is -0.248. The maximum atomic E-state index is 11.1. The number of hydrogen-bond acceptors (Lipinski definition) is 12. The number of esters is 1. The molecule has 12 nitrogen and oxygen atoms in total. The van der Waals surface area contributed by atoms with E-state index in [2.05, 4.69) is 0 Å². The molecule has 0 bridgehead atoms. The van der Waals surface area contributed by atoms with Gasteiger partial charge in [-0.25, -0.2) is 0 Å². The van der Waals surface area contributed by atoms with Crippen molar-refractivity contribution in [3.63, 3.8) is 0 Å². The molecule has 226 valence electrons. The third-order valence-corrected chi connectivity index (χ3v) is 5.03. The molecule has 1 saturated heterocycles. The SMILES string of the molecule is CCOC(=O)CCOCCOCCOCCOCCOCCOCCOCCOCCOC1CCCCO1. The Morgan fingerprint density at radius 2 is 0.974 bits per heavy atom. The zero-order chi connectivity index (χ0) is 27.2. The third-order valence-electron chi connectivity index (χ3n) is 5.03. The van der Waals surface area contributed by atoms with Crippen LogP contribution in [0, 0.1) is 0 Å². The molecule has 0 aromatic rings. The quantitative estimate of drug-likeness (QED) is 0.0987. The van der Waals surface area contributed by atoms with Gasteiger partial charge in [0.15, 0.2) is 6.29 Å². The Morgan fingerprint density at radius 3 is 1.34 bits per heavy atom. The molecule has 0 amide bonds. The predicted octanol–water partition coefficient (Wildman–Crippen LogP) is 1.62. The second-order valence-corrected chi connectivity index (χ2v) is 8.12. The van der Waals surface area contributed by atoms with Crippen LogP contribution in [0.15, 0.2) is 0 Å². The molecule has 0 spiro atoms. The van der Waals surface area contributed by atoms with Crippen LogP contribution < -0.4 is 0 Å². The molecule has 0 aliphatic carbocycles. The van der Waals surface area contributed by atoms with Crippen molar-refractivity contribution in [3.05, 3.63) is 0 Å². The van der Waals surface area contributed by atoms with Crippen LogP contribution in [0.1, 0.15) is 32.6 Å². The molecule has 0 saturated carbocycles. The van der Waals surface area contributed by atoms with Gasteiger partial charge in [0, 0.05) is 6.61 Å². The second kappa shape index (κ2) is 29.1. The van der Waals surface area contributed by atoms with Crippen molar-refractivity contribution in [1.82, 2.24) is 0 Å². The fraction of sp³-hybridized carbons (Fsp3) is 0.962. The van der Waals surface area contributed by atoms with Crippen molar-refractivity contribution < 1.29 is 56.9 Å². The first-order valence-electron chi connectivity index (χ1n) is 13.8. The third kappa shape index (κ3) is 25.4. The van der Waals surface area contributed by atoms with Gasteiger partial charge >= 0.3 is 5.97 Å². The van der Waals surface area contributed by atoms with E-state index in [1.54, 1.807) is 6.92 Å². The normalized spacial score (nSPS) is 15.7. The van der Waals surface area contributed by atoms with Gasteiger partial charge < -0.3 is 52.1 Å². The summed E-state index contributed by atoms with van der Waals surface area (Å²) in [6.45, 7) is 11.4. The molecule has 38 heavy (non-hydrogen) atoms. The molecule has 1 rings (SSSR count). The minimum absolute atomic E-state index is 0.0657. The van der Waals surface area contributed by atoms with E-state index in [1.807, 2.05) is 0 Å². The molecule has 12 heteroatoms. The molecule has 1 heterocycles. The van der Waals surface area contributed by atoms with E-state index in [1.165, 1.54) is 0 Å². The lowest BCUT2D eigenvalue weighted by molar-refractivity contribution is -0.169. The number of rotatable bonds is 29. The van der Waals surface area contributed by atoms with E-state index in [9.17, 15) is 4.79 Å². The van der Waals surface area contributed by atoms with Crippen LogP contribution in [0.25, 0.3) is 0 Å². The highest BCUT2D eigenvalue weighted by molar-refractivity contribution is 5.69. The van der Waals surface area contributed by atoms with E-state index in [-0.39, 0.29) is 18.7 Å². The van der Waals surface area contributed by atoms with Crippen LogP contribution in [0.4, 0.5) is 0 Å². The van der Waals surface area contributed by atoms with Gasteiger partial charge in [-0.1, -0.05) is 0 Å². The fourth-order valence-electron chi connectivity index (χ4n) is 3.11. The van der Waals surface area contributed by atoms with Gasteiger partial charge in [-0.15, -0.1) is 0 Å². The monoisotopic (exact) mass is 554 g/mol. The van der Waals surface area contributed by atoms with E-state index in [4.69, 9.17) is 52.1 Å². The van der Waals surface area contributed by atoms with E-state index >= 15 is 0 Å². The summed E-state index contributed by atoms with van der Waals surface area (Å²) < 4.78 is 59.3. The Bertz CT molecular complexity index is 491. The van der Waals surface area contributed by atoms with Crippen LogP contribution in [-0.2, 0) is 56.9 Å². The molecule has 1 aliphatic rings. The van der Waals surface area contributed by atoms with E-state index in [0.29, 0.717) is 119 Å². The Labute approximate surface area is 227 Å². The minimum Gasteiger partial charge on any atom is -0.466 e. The van der Waals surface area contributed by atoms with E-state index in [0.717, 1.165) is 25.9 Å². The Kier molecular flexibility index (Phi) is 26.8. The van der Waals surface area contributed by atoms with Crippen LogP contribution >= 0.6 is 0 Å². The largest absolute Gasteiger partial charge is 0.466 e. The van der Waals surface area contributed by atoms with Crippen molar-refractivity contribution >= 4 is 5.97 Å². The summed E-state index contributed by atoms with van der Waals surface area (Å²) in [5, 5.41) is 0. The summed E-state index contributed by atoms with van der Waals surface area (Å²) in [5.41, 5.74) is 0. The Balaban J connectivity index is 1.62. The first kappa shape index (κ1) is 35.1. The predicted molar refractivity (Wildman–Crippen MR) is 137 cm³/mol. The van der Waals surface area contributed by atoms with Gasteiger partial charge in [0.05, 0.1) is 125 Å². The lowest BCUT2D eigenvalue weighted by atomic mass is 10.2.